The zero-order chi connectivity index (χ0) is 12.3. The second kappa shape index (κ2) is 5.32. The highest BCUT2D eigenvalue weighted by molar-refractivity contribution is 7.99. The second-order valence-corrected chi connectivity index (χ2v) is 6.23. The third-order valence-electron chi connectivity index (χ3n) is 2.77. The van der Waals surface area contributed by atoms with Crippen LogP contribution in [-0.2, 0) is 0 Å². The number of hydrogen-bond acceptors (Lipinski definition) is 3. The normalized spacial score (nSPS) is 22.6. The van der Waals surface area contributed by atoms with E-state index in [1.807, 2.05) is 17.8 Å². The van der Waals surface area contributed by atoms with Crippen molar-refractivity contribution in [2.24, 2.45) is 0 Å². The van der Waals surface area contributed by atoms with Crippen molar-refractivity contribution in [3.63, 3.8) is 0 Å². The molecule has 0 spiro atoms. The second-order valence-electron chi connectivity index (χ2n) is 5.14. The fourth-order valence-corrected chi connectivity index (χ4v) is 3.30. The van der Waals surface area contributed by atoms with Crippen LogP contribution in [0.25, 0.3) is 0 Å². The molecule has 1 unspecified atom stereocenters. The van der Waals surface area contributed by atoms with E-state index in [1.165, 1.54) is 5.56 Å². The maximum absolute atomic E-state index is 5.67. The minimum atomic E-state index is 0.232. The molecule has 0 aromatic heterocycles. The Kier molecular flexibility index (Phi) is 4.00. The van der Waals surface area contributed by atoms with Crippen molar-refractivity contribution < 1.29 is 4.74 Å². The first-order valence-electron chi connectivity index (χ1n) is 6.23. The Labute approximate surface area is 108 Å². The third-order valence-corrected chi connectivity index (χ3v) is 4.38. The fraction of sp³-hybridized carbons (Fsp3) is 0.571. The van der Waals surface area contributed by atoms with Gasteiger partial charge in [0.25, 0.3) is 0 Å². The van der Waals surface area contributed by atoms with E-state index in [-0.39, 0.29) is 5.54 Å². The van der Waals surface area contributed by atoms with Crippen molar-refractivity contribution in [3.8, 4) is 5.75 Å². The Bertz CT molecular complexity index is 378. The van der Waals surface area contributed by atoms with E-state index in [4.69, 9.17) is 4.74 Å². The van der Waals surface area contributed by atoms with Crippen LogP contribution in [0.15, 0.2) is 24.3 Å². The molecule has 1 N–H and O–H groups in total. The van der Waals surface area contributed by atoms with Crippen LogP contribution < -0.4 is 10.1 Å². The number of ether oxygens (including phenoxy) is 1. The van der Waals surface area contributed by atoms with E-state index < -0.39 is 0 Å². The lowest BCUT2D eigenvalue weighted by atomic mass is 10.1. The first-order valence-corrected chi connectivity index (χ1v) is 7.28. The fourth-order valence-electron chi connectivity index (χ4n) is 1.90. The molecule has 2 rings (SSSR count). The van der Waals surface area contributed by atoms with Crippen LogP contribution in [-0.4, -0.2) is 17.9 Å². The summed E-state index contributed by atoms with van der Waals surface area (Å²) in [6.45, 7) is 7.41. The van der Waals surface area contributed by atoms with Crippen LogP contribution in [0.5, 0.6) is 5.75 Å². The van der Waals surface area contributed by atoms with Gasteiger partial charge in [-0.2, -0.15) is 0 Å². The summed E-state index contributed by atoms with van der Waals surface area (Å²) in [7, 11) is 0. The minimum Gasteiger partial charge on any atom is -0.494 e. The number of hydrogen-bond donors (Lipinski definition) is 1. The first-order chi connectivity index (χ1) is 8.11. The predicted molar refractivity (Wildman–Crippen MR) is 74.6 cm³/mol. The summed E-state index contributed by atoms with van der Waals surface area (Å²) in [5.41, 5.74) is 1.55. The lowest BCUT2D eigenvalue weighted by Gasteiger charge is -2.19. The van der Waals surface area contributed by atoms with Crippen molar-refractivity contribution in [2.45, 2.75) is 38.1 Å². The summed E-state index contributed by atoms with van der Waals surface area (Å²) in [6, 6.07) is 8.43. The van der Waals surface area contributed by atoms with Crippen LogP contribution in [0.3, 0.4) is 0 Å². The molecule has 3 heteroatoms. The van der Waals surface area contributed by atoms with Gasteiger partial charge in [0.05, 0.1) is 12.0 Å². The molecule has 1 atom stereocenters. The SMILES string of the molecule is CCCOc1cccc(C2NC(C)(C)CS2)c1. The summed E-state index contributed by atoms with van der Waals surface area (Å²) in [6.07, 6.45) is 1.05. The molecule has 1 aromatic carbocycles. The van der Waals surface area contributed by atoms with Crippen LogP contribution >= 0.6 is 11.8 Å². The smallest absolute Gasteiger partial charge is 0.119 e. The quantitative estimate of drug-likeness (QED) is 0.883. The number of nitrogens with one attached hydrogen (secondary N) is 1. The van der Waals surface area contributed by atoms with Gasteiger partial charge in [0.2, 0.25) is 0 Å². The summed E-state index contributed by atoms with van der Waals surface area (Å²) < 4.78 is 5.67. The van der Waals surface area contributed by atoms with Gasteiger partial charge >= 0.3 is 0 Å². The summed E-state index contributed by atoms with van der Waals surface area (Å²) in [5, 5.41) is 4.04. The molecule has 94 valence electrons. The molecule has 1 aromatic rings. The number of rotatable bonds is 4. The van der Waals surface area contributed by atoms with Gasteiger partial charge < -0.3 is 4.74 Å². The van der Waals surface area contributed by atoms with Gasteiger partial charge in [0.15, 0.2) is 0 Å². The zero-order valence-electron chi connectivity index (χ0n) is 10.8. The first kappa shape index (κ1) is 12.8. The van der Waals surface area contributed by atoms with Gasteiger partial charge in [0, 0.05) is 11.3 Å². The molecule has 1 aliphatic rings. The summed E-state index contributed by atoms with van der Waals surface area (Å²) >= 11 is 1.97. The molecule has 1 heterocycles. The van der Waals surface area contributed by atoms with Crippen LogP contribution in [0.2, 0.25) is 0 Å². The van der Waals surface area contributed by atoms with Gasteiger partial charge in [-0.25, -0.2) is 0 Å². The average molecular weight is 251 g/mol. The number of thioether (sulfide) groups is 1. The Morgan fingerprint density at radius 1 is 1.47 bits per heavy atom. The molecule has 1 fully saturated rings. The molecule has 0 radical (unpaired) electrons. The maximum atomic E-state index is 5.67. The molecule has 0 bridgehead atoms. The molecule has 0 amide bonds. The van der Waals surface area contributed by atoms with E-state index in [0.29, 0.717) is 5.37 Å². The Hall–Kier alpha value is -0.670. The van der Waals surface area contributed by atoms with Crippen molar-refractivity contribution in [2.75, 3.05) is 12.4 Å². The third kappa shape index (κ3) is 3.39. The van der Waals surface area contributed by atoms with Gasteiger partial charge in [-0.1, -0.05) is 19.1 Å². The molecule has 0 saturated carbocycles. The van der Waals surface area contributed by atoms with E-state index in [0.717, 1.165) is 24.5 Å². The van der Waals surface area contributed by atoms with Crippen molar-refractivity contribution in [1.29, 1.82) is 0 Å². The van der Waals surface area contributed by atoms with Crippen LogP contribution in [0, 0.1) is 0 Å². The van der Waals surface area contributed by atoms with E-state index in [9.17, 15) is 0 Å². The molecule has 2 nitrogen and oxygen atoms in total. The average Bonchev–Trinajstić information content (AvgIpc) is 2.67. The largest absolute Gasteiger partial charge is 0.494 e. The molecule has 1 aliphatic heterocycles. The lowest BCUT2D eigenvalue weighted by molar-refractivity contribution is 0.317. The maximum Gasteiger partial charge on any atom is 0.119 e. The van der Waals surface area contributed by atoms with Crippen molar-refractivity contribution >= 4 is 11.8 Å². The highest BCUT2D eigenvalue weighted by atomic mass is 32.2. The minimum absolute atomic E-state index is 0.232. The van der Waals surface area contributed by atoms with Gasteiger partial charge in [-0.05, 0) is 38.0 Å². The Morgan fingerprint density at radius 3 is 2.94 bits per heavy atom. The van der Waals surface area contributed by atoms with Gasteiger partial charge in [0.1, 0.15) is 5.75 Å². The van der Waals surface area contributed by atoms with Gasteiger partial charge in [-0.15, -0.1) is 11.8 Å². The van der Waals surface area contributed by atoms with Crippen LogP contribution in [0.4, 0.5) is 0 Å². The predicted octanol–water partition coefficient (Wildman–Crippen LogP) is 3.59. The van der Waals surface area contributed by atoms with E-state index in [1.54, 1.807) is 0 Å². The highest BCUT2D eigenvalue weighted by Crippen LogP contribution is 2.37. The van der Waals surface area contributed by atoms with E-state index in [2.05, 4.69) is 44.3 Å². The summed E-state index contributed by atoms with van der Waals surface area (Å²) in [5.74, 6) is 2.13. The Balaban J connectivity index is 2.06. The molecular formula is C14H21NOS. The van der Waals surface area contributed by atoms with Crippen LogP contribution in [0.1, 0.15) is 38.1 Å². The molecule has 1 saturated heterocycles. The zero-order valence-corrected chi connectivity index (χ0v) is 11.6. The molecular weight excluding hydrogens is 230 g/mol. The van der Waals surface area contributed by atoms with Crippen molar-refractivity contribution in [1.82, 2.24) is 5.32 Å². The van der Waals surface area contributed by atoms with Gasteiger partial charge in [-0.3, -0.25) is 5.32 Å². The number of benzene rings is 1. The topological polar surface area (TPSA) is 21.3 Å². The molecule has 17 heavy (non-hydrogen) atoms. The Morgan fingerprint density at radius 2 is 2.29 bits per heavy atom. The summed E-state index contributed by atoms with van der Waals surface area (Å²) in [4.78, 5) is 0. The van der Waals surface area contributed by atoms with Crippen molar-refractivity contribution in [3.05, 3.63) is 29.8 Å². The standard InChI is InChI=1S/C14H21NOS/c1-4-8-16-12-7-5-6-11(9-12)13-15-14(2,3)10-17-13/h5-7,9,13,15H,4,8,10H2,1-3H3. The van der Waals surface area contributed by atoms with E-state index >= 15 is 0 Å². The monoisotopic (exact) mass is 251 g/mol. The lowest BCUT2D eigenvalue weighted by Crippen LogP contribution is -2.35. The highest BCUT2D eigenvalue weighted by Gasteiger charge is 2.31. The molecule has 0 aliphatic carbocycles.